The number of ether oxygens (including phenoxy) is 1. The van der Waals surface area contributed by atoms with E-state index in [4.69, 9.17) is 26.4 Å². The Morgan fingerprint density at radius 3 is 2.50 bits per heavy atom. The van der Waals surface area contributed by atoms with Crippen LogP contribution in [0.2, 0.25) is 5.02 Å². The van der Waals surface area contributed by atoms with Crippen molar-refractivity contribution >= 4 is 29.1 Å². The highest BCUT2D eigenvalue weighted by molar-refractivity contribution is 6.33. The lowest BCUT2D eigenvalue weighted by molar-refractivity contribution is -0.113. The fourth-order valence-electron chi connectivity index (χ4n) is 4.10. The van der Waals surface area contributed by atoms with Crippen LogP contribution < -0.4 is 15.4 Å². The Morgan fingerprint density at radius 1 is 1.03 bits per heavy atom. The van der Waals surface area contributed by atoms with Crippen molar-refractivity contribution in [3.05, 3.63) is 101 Å². The molecule has 4 aromatic rings. The van der Waals surface area contributed by atoms with Gasteiger partial charge in [-0.05, 0) is 37.3 Å². The van der Waals surface area contributed by atoms with E-state index in [0.717, 1.165) is 5.56 Å². The predicted octanol–water partition coefficient (Wildman–Crippen LogP) is 5.53. The normalized spacial score (nSPS) is 14.9. The number of allylic oxidation sites excluding steroid dienone is 1. The molecule has 1 atom stereocenters. The Kier molecular flexibility index (Phi) is 5.77. The number of rotatable bonds is 5. The van der Waals surface area contributed by atoms with E-state index < -0.39 is 6.04 Å². The molecule has 2 heterocycles. The van der Waals surface area contributed by atoms with E-state index in [9.17, 15) is 4.79 Å². The molecule has 0 saturated heterocycles. The molecule has 1 aromatic heterocycles. The van der Waals surface area contributed by atoms with Crippen LogP contribution in [-0.4, -0.2) is 27.8 Å². The summed E-state index contributed by atoms with van der Waals surface area (Å²) in [6.45, 7) is 1.86. The van der Waals surface area contributed by atoms with Gasteiger partial charge < -0.3 is 15.4 Å². The maximum Gasteiger partial charge on any atom is 0.255 e. The average molecular weight is 472 g/mol. The van der Waals surface area contributed by atoms with Gasteiger partial charge in [0, 0.05) is 22.5 Å². The number of nitrogens with one attached hydrogen (secondary N) is 2. The highest BCUT2D eigenvalue weighted by Crippen LogP contribution is 2.40. The number of amides is 1. The third kappa shape index (κ3) is 3.91. The Bertz CT molecular complexity index is 1400. The van der Waals surface area contributed by atoms with E-state index in [1.807, 2.05) is 79.7 Å². The highest BCUT2D eigenvalue weighted by atomic mass is 35.5. The minimum Gasteiger partial charge on any atom is -0.496 e. The van der Waals surface area contributed by atoms with E-state index in [2.05, 4.69) is 10.6 Å². The van der Waals surface area contributed by atoms with Crippen LogP contribution in [0.15, 0.2) is 90.1 Å². The van der Waals surface area contributed by atoms with Crippen LogP contribution in [-0.2, 0) is 4.79 Å². The van der Waals surface area contributed by atoms with Crippen LogP contribution in [0.4, 0.5) is 11.6 Å². The Labute approximate surface area is 202 Å². The van der Waals surface area contributed by atoms with Gasteiger partial charge in [0.25, 0.3) is 5.91 Å². The molecule has 5 rings (SSSR count). The van der Waals surface area contributed by atoms with E-state index >= 15 is 0 Å². The lowest BCUT2D eigenvalue weighted by Crippen LogP contribution is -2.31. The monoisotopic (exact) mass is 471 g/mol. The molecule has 170 valence electrons. The van der Waals surface area contributed by atoms with E-state index in [1.165, 1.54) is 0 Å². The van der Waals surface area contributed by atoms with Gasteiger partial charge in [-0.3, -0.25) is 4.79 Å². The summed E-state index contributed by atoms with van der Waals surface area (Å²) in [7, 11) is 1.61. The molecule has 0 fully saturated rings. The number of carbonyl (C=O) groups is 1. The molecular weight excluding hydrogens is 450 g/mol. The maximum atomic E-state index is 13.6. The standard InChI is InChI=1S/C26H22ClN5O2/c1-16-22(25(33)29-17-10-4-3-5-11-17)23(19-13-7-9-15-21(19)34-2)32-26(28-16)30-24(31-32)18-12-6-8-14-20(18)27/h3-15,23H,1-2H3,(H,29,33)(H,28,30,31). The first kappa shape index (κ1) is 21.7. The minimum atomic E-state index is -0.570. The average Bonchev–Trinajstić information content (AvgIpc) is 3.27. The number of halogens is 1. The second kappa shape index (κ2) is 9.03. The lowest BCUT2D eigenvalue weighted by atomic mass is 9.94. The molecule has 1 aliphatic heterocycles. The molecule has 0 saturated carbocycles. The first-order chi connectivity index (χ1) is 16.6. The zero-order chi connectivity index (χ0) is 23.7. The number of carbonyl (C=O) groups excluding carboxylic acids is 1. The Balaban J connectivity index is 1.65. The van der Waals surface area contributed by atoms with Crippen LogP contribution >= 0.6 is 11.6 Å². The number of fused-ring (bicyclic) bond motifs is 1. The molecular formula is C26H22ClN5O2. The smallest absolute Gasteiger partial charge is 0.255 e. The summed E-state index contributed by atoms with van der Waals surface area (Å²) in [5, 5.41) is 11.6. The number of hydrogen-bond acceptors (Lipinski definition) is 5. The summed E-state index contributed by atoms with van der Waals surface area (Å²) >= 11 is 6.42. The second-order valence-corrected chi connectivity index (χ2v) is 8.22. The molecule has 3 aromatic carbocycles. The summed E-state index contributed by atoms with van der Waals surface area (Å²) < 4.78 is 7.36. The zero-order valence-electron chi connectivity index (χ0n) is 18.6. The number of aromatic nitrogens is 3. The number of para-hydroxylation sites is 2. The fraction of sp³-hybridized carbons (Fsp3) is 0.115. The summed E-state index contributed by atoms with van der Waals surface area (Å²) in [4.78, 5) is 18.3. The predicted molar refractivity (Wildman–Crippen MR) is 133 cm³/mol. The first-order valence-electron chi connectivity index (χ1n) is 10.8. The largest absolute Gasteiger partial charge is 0.496 e. The molecule has 8 heteroatoms. The maximum absolute atomic E-state index is 13.6. The fourth-order valence-corrected chi connectivity index (χ4v) is 4.32. The Hall–Kier alpha value is -4.10. The van der Waals surface area contributed by atoms with Crippen molar-refractivity contribution in [1.82, 2.24) is 14.8 Å². The number of hydrogen-bond donors (Lipinski definition) is 2. The summed E-state index contributed by atoms with van der Waals surface area (Å²) in [5.41, 5.74) is 3.39. The minimum absolute atomic E-state index is 0.243. The van der Waals surface area contributed by atoms with Crippen LogP contribution in [0.1, 0.15) is 18.5 Å². The van der Waals surface area contributed by atoms with Gasteiger partial charge >= 0.3 is 0 Å². The Morgan fingerprint density at radius 2 is 1.74 bits per heavy atom. The van der Waals surface area contributed by atoms with Crippen molar-refractivity contribution in [3.8, 4) is 17.1 Å². The molecule has 2 N–H and O–H groups in total. The number of methoxy groups -OCH3 is 1. The molecule has 1 unspecified atom stereocenters. The molecule has 0 aliphatic carbocycles. The van der Waals surface area contributed by atoms with Crippen molar-refractivity contribution in [1.29, 1.82) is 0 Å². The third-order valence-corrected chi connectivity index (χ3v) is 6.01. The van der Waals surface area contributed by atoms with Crippen molar-refractivity contribution in [2.75, 3.05) is 17.7 Å². The molecule has 1 amide bonds. The van der Waals surface area contributed by atoms with Gasteiger partial charge in [0.1, 0.15) is 11.8 Å². The SMILES string of the molecule is COc1ccccc1C1C(C(=O)Nc2ccccc2)=C(C)Nc2nc(-c3ccccc3Cl)nn21. The molecule has 34 heavy (non-hydrogen) atoms. The number of anilines is 2. The van der Waals surface area contributed by atoms with E-state index in [-0.39, 0.29) is 5.91 Å². The van der Waals surface area contributed by atoms with Crippen molar-refractivity contribution in [2.24, 2.45) is 0 Å². The van der Waals surface area contributed by atoms with Crippen molar-refractivity contribution < 1.29 is 9.53 Å². The van der Waals surface area contributed by atoms with Gasteiger partial charge in [0.05, 0.1) is 17.7 Å². The molecule has 7 nitrogen and oxygen atoms in total. The van der Waals surface area contributed by atoms with Gasteiger partial charge in [0.2, 0.25) is 5.95 Å². The lowest BCUT2D eigenvalue weighted by Gasteiger charge is -2.29. The van der Waals surface area contributed by atoms with E-state index in [1.54, 1.807) is 17.9 Å². The van der Waals surface area contributed by atoms with Crippen molar-refractivity contribution in [3.63, 3.8) is 0 Å². The van der Waals surface area contributed by atoms with Gasteiger partial charge in [-0.15, -0.1) is 5.10 Å². The van der Waals surface area contributed by atoms with Gasteiger partial charge in [-0.1, -0.05) is 60.1 Å². The quantitative estimate of drug-likeness (QED) is 0.399. The third-order valence-electron chi connectivity index (χ3n) is 5.68. The summed E-state index contributed by atoms with van der Waals surface area (Å²) in [6, 6.07) is 23.8. The van der Waals surface area contributed by atoms with Crippen LogP contribution in [0.3, 0.4) is 0 Å². The topological polar surface area (TPSA) is 81.1 Å². The highest BCUT2D eigenvalue weighted by Gasteiger charge is 2.36. The number of benzene rings is 3. The summed E-state index contributed by atoms with van der Waals surface area (Å²) in [6.07, 6.45) is 0. The molecule has 1 aliphatic rings. The van der Waals surface area contributed by atoms with Gasteiger partial charge in [0.15, 0.2) is 5.82 Å². The van der Waals surface area contributed by atoms with Gasteiger partial charge in [-0.25, -0.2) is 4.68 Å². The number of nitrogens with zero attached hydrogens (tertiary/aromatic N) is 3. The molecule has 0 bridgehead atoms. The van der Waals surface area contributed by atoms with Crippen LogP contribution in [0.5, 0.6) is 5.75 Å². The van der Waals surface area contributed by atoms with E-state index in [0.29, 0.717) is 45.1 Å². The first-order valence-corrected chi connectivity index (χ1v) is 11.1. The van der Waals surface area contributed by atoms with Crippen LogP contribution in [0, 0.1) is 0 Å². The van der Waals surface area contributed by atoms with Crippen LogP contribution in [0.25, 0.3) is 11.4 Å². The second-order valence-electron chi connectivity index (χ2n) is 7.81. The summed E-state index contributed by atoms with van der Waals surface area (Å²) in [5.74, 6) is 1.38. The molecule has 0 spiro atoms. The molecule has 0 radical (unpaired) electrons. The van der Waals surface area contributed by atoms with Gasteiger partial charge in [-0.2, -0.15) is 4.98 Å². The zero-order valence-corrected chi connectivity index (χ0v) is 19.4. The van der Waals surface area contributed by atoms with Crippen molar-refractivity contribution in [2.45, 2.75) is 13.0 Å².